The second kappa shape index (κ2) is 2.86. The molecule has 4 nitrogen and oxygen atoms in total. The largest absolute Gasteiger partial charge is 0.235 e. The molecule has 0 N–H and O–H groups in total. The summed E-state index contributed by atoms with van der Waals surface area (Å²) in [5.41, 5.74) is 0. The first-order valence-corrected chi connectivity index (χ1v) is 4.83. The predicted octanol–water partition coefficient (Wildman–Crippen LogP) is -0.548. The van der Waals surface area contributed by atoms with E-state index in [4.69, 9.17) is 0 Å². The second-order valence-electron chi connectivity index (χ2n) is 2.27. The van der Waals surface area contributed by atoms with E-state index in [0.717, 1.165) is 0 Å². The zero-order valence-electron chi connectivity index (χ0n) is 5.62. The summed E-state index contributed by atoms with van der Waals surface area (Å²) in [7, 11) is -3.02. The van der Waals surface area contributed by atoms with E-state index in [1.165, 1.54) is 4.31 Å². The minimum absolute atomic E-state index is 0.141. The zero-order valence-corrected chi connectivity index (χ0v) is 6.43. The van der Waals surface area contributed by atoms with Gasteiger partial charge in [0, 0.05) is 13.1 Å². The lowest BCUT2D eigenvalue weighted by Crippen LogP contribution is -2.28. The summed E-state index contributed by atoms with van der Waals surface area (Å²) in [5, 5.41) is 10.1. The molecule has 1 fully saturated rings. The first-order chi connectivity index (χ1) is 4.67. The maximum Gasteiger partial charge on any atom is 0.214 e. The van der Waals surface area contributed by atoms with Crippen LogP contribution in [0.5, 0.6) is 0 Å². The average molecular weight is 164 g/mol. The molecule has 0 spiro atoms. The summed E-state index contributed by atoms with van der Waals surface area (Å²) in [5.74, 6) is 0.215. The Bertz CT molecular complexity index is 199. The quantitative estimate of drug-likeness (QED) is 0.550. The summed E-state index contributed by atoms with van der Waals surface area (Å²) in [6, 6.07) is 0. The van der Waals surface area contributed by atoms with Gasteiger partial charge >= 0.3 is 0 Å². The van der Waals surface area contributed by atoms with Gasteiger partial charge in [0.2, 0.25) is 10.0 Å². The van der Waals surface area contributed by atoms with Gasteiger partial charge in [0.05, 0.1) is 12.4 Å². The van der Waals surface area contributed by atoms with Gasteiger partial charge in [-0.2, -0.15) is 4.31 Å². The fraction of sp³-hybridized carbons (Fsp3) is 1.00. The first kappa shape index (κ1) is 7.97. The van der Waals surface area contributed by atoms with E-state index < -0.39 is 10.0 Å². The van der Waals surface area contributed by atoms with Crippen LogP contribution in [0.25, 0.3) is 0 Å². The molecule has 0 aromatic rings. The number of nitrogens with zero attached hydrogens (tertiary/aromatic N) is 1. The molecule has 0 aromatic carbocycles. The fourth-order valence-corrected chi connectivity index (χ4v) is 2.56. The standard InChI is InChI=1S/C5H10NO3S/c7-4-3-6-2-1-5-10(6,8)9/h1-5H2. The Labute approximate surface area is 60.5 Å². The molecule has 0 amide bonds. The molecule has 1 heterocycles. The van der Waals surface area contributed by atoms with Crippen molar-refractivity contribution in [3.8, 4) is 0 Å². The van der Waals surface area contributed by atoms with Crippen molar-refractivity contribution in [1.82, 2.24) is 4.31 Å². The van der Waals surface area contributed by atoms with E-state index >= 15 is 0 Å². The molecule has 1 rings (SSSR count). The molecule has 0 bridgehead atoms. The molecule has 1 saturated heterocycles. The molecule has 1 radical (unpaired) electrons. The van der Waals surface area contributed by atoms with Crippen molar-refractivity contribution < 1.29 is 13.5 Å². The van der Waals surface area contributed by atoms with Crippen molar-refractivity contribution in [2.75, 3.05) is 25.4 Å². The van der Waals surface area contributed by atoms with Gasteiger partial charge in [0.25, 0.3) is 0 Å². The van der Waals surface area contributed by atoms with Gasteiger partial charge in [-0.25, -0.2) is 13.5 Å². The van der Waals surface area contributed by atoms with E-state index in [2.05, 4.69) is 0 Å². The Morgan fingerprint density at radius 3 is 2.50 bits per heavy atom. The third-order valence-electron chi connectivity index (χ3n) is 1.54. The molecule has 0 aliphatic carbocycles. The van der Waals surface area contributed by atoms with Crippen LogP contribution in [0.15, 0.2) is 0 Å². The van der Waals surface area contributed by atoms with E-state index in [9.17, 15) is 13.5 Å². The Balaban J connectivity index is 2.60. The maximum atomic E-state index is 10.9. The lowest BCUT2D eigenvalue weighted by Gasteiger charge is -2.10. The first-order valence-electron chi connectivity index (χ1n) is 3.23. The topological polar surface area (TPSA) is 57.3 Å². The molecule has 0 unspecified atom stereocenters. The van der Waals surface area contributed by atoms with Crippen molar-refractivity contribution in [1.29, 1.82) is 0 Å². The zero-order chi connectivity index (χ0) is 7.61. The van der Waals surface area contributed by atoms with Crippen LogP contribution in [0, 0.1) is 0 Å². The van der Waals surface area contributed by atoms with Gasteiger partial charge in [0.15, 0.2) is 0 Å². The van der Waals surface area contributed by atoms with E-state index in [0.29, 0.717) is 13.0 Å². The van der Waals surface area contributed by atoms with Crippen LogP contribution in [0.4, 0.5) is 0 Å². The Morgan fingerprint density at radius 2 is 2.10 bits per heavy atom. The van der Waals surface area contributed by atoms with Gasteiger partial charge in [0.1, 0.15) is 0 Å². The fourth-order valence-electron chi connectivity index (χ4n) is 1.04. The molecule has 0 aromatic heterocycles. The highest BCUT2D eigenvalue weighted by atomic mass is 32.2. The van der Waals surface area contributed by atoms with Crippen LogP contribution >= 0.6 is 0 Å². The number of rotatable bonds is 2. The van der Waals surface area contributed by atoms with Gasteiger partial charge in [-0.1, -0.05) is 0 Å². The van der Waals surface area contributed by atoms with Gasteiger partial charge in [-0.05, 0) is 6.42 Å². The molecule has 10 heavy (non-hydrogen) atoms. The van der Waals surface area contributed by atoms with Crippen LogP contribution in [-0.4, -0.2) is 38.2 Å². The molecule has 59 valence electrons. The monoisotopic (exact) mass is 164 g/mol. The van der Waals surface area contributed by atoms with E-state index in [-0.39, 0.29) is 18.9 Å². The summed E-state index contributed by atoms with van der Waals surface area (Å²) >= 11 is 0. The van der Waals surface area contributed by atoms with Crippen molar-refractivity contribution >= 4 is 10.0 Å². The van der Waals surface area contributed by atoms with Gasteiger partial charge in [-0.15, -0.1) is 0 Å². The lowest BCUT2D eigenvalue weighted by molar-refractivity contribution is 0.175. The van der Waals surface area contributed by atoms with Crippen molar-refractivity contribution in [3.63, 3.8) is 0 Å². The van der Waals surface area contributed by atoms with Gasteiger partial charge < -0.3 is 0 Å². The number of hydrogen-bond acceptors (Lipinski definition) is 2. The Morgan fingerprint density at radius 1 is 1.40 bits per heavy atom. The highest BCUT2D eigenvalue weighted by Gasteiger charge is 2.27. The Hall–Kier alpha value is -0.130. The SMILES string of the molecule is [O]CCN1CCCS1(=O)=O. The molecule has 0 saturated carbocycles. The molecular formula is C5H10NO3S. The molecule has 0 atom stereocenters. The normalized spacial score (nSPS) is 25.3. The highest BCUT2D eigenvalue weighted by molar-refractivity contribution is 7.89. The minimum atomic E-state index is -3.02. The smallest absolute Gasteiger partial charge is 0.214 e. The molecule has 1 aliphatic rings. The molecule has 5 heteroatoms. The molecule has 1 aliphatic heterocycles. The third kappa shape index (κ3) is 1.47. The van der Waals surface area contributed by atoms with Crippen LogP contribution in [0.2, 0.25) is 0 Å². The van der Waals surface area contributed by atoms with Crippen molar-refractivity contribution in [2.24, 2.45) is 0 Å². The van der Waals surface area contributed by atoms with E-state index in [1.807, 2.05) is 0 Å². The minimum Gasteiger partial charge on any atom is -0.235 e. The Kier molecular flexibility index (Phi) is 2.28. The van der Waals surface area contributed by atoms with Crippen molar-refractivity contribution in [3.05, 3.63) is 0 Å². The number of hydrogen-bond donors (Lipinski definition) is 0. The summed E-state index contributed by atoms with van der Waals surface area (Å²) in [4.78, 5) is 0. The second-order valence-corrected chi connectivity index (χ2v) is 4.36. The van der Waals surface area contributed by atoms with Gasteiger partial charge in [-0.3, -0.25) is 0 Å². The highest BCUT2D eigenvalue weighted by Crippen LogP contribution is 2.11. The summed E-state index contributed by atoms with van der Waals surface area (Å²) in [6.45, 7) is 0.339. The predicted molar refractivity (Wildman–Crippen MR) is 35.5 cm³/mol. The van der Waals surface area contributed by atoms with Crippen molar-refractivity contribution in [2.45, 2.75) is 6.42 Å². The van der Waals surface area contributed by atoms with Crippen LogP contribution in [0.3, 0.4) is 0 Å². The molecular weight excluding hydrogens is 154 g/mol. The van der Waals surface area contributed by atoms with Crippen LogP contribution in [-0.2, 0) is 15.1 Å². The maximum absolute atomic E-state index is 10.9. The third-order valence-corrected chi connectivity index (χ3v) is 3.50. The summed E-state index contributed by atoms with van der Waals surface area (Å²) < 4.78 is 23.1. The summed E-state index contributed by atoms with van der Waals surface area (Å²) in [6.07, 6.45) is 0.669. The van der Waals surface area contributed by atoms with Crippen LogP contribution < -0.4 is 0 Å². The average Bonchev–Trinajstić information content (AvgIpc) is 2.13. The van der Waals surface area contributed by atoms with E-state index in [1.54, 1.807) is 0 Å². The lowest BCUT2D eigenvalue weighted by atomic mass is 10.5. The number of sulfonamides is 1. The van der Waals surface area contributed by atoms with Crippen LogP contribution in [0.1, 0.15) is 6.42 Å².